The number of aldehydes is 1. The van der Waals surface area contributed by atoms with Crippen molar-refractivity contribution in [1.82, 2.24) is 0 Å². The molecule has 0 amide bonds. The highest BCUT2D eigenvalue weighted by atomic mass is 16.6. The molecule has 1 aromatic carbocycles. The highest BCUT2D eigenvalue weighted by Crippen LogP contribution is 2.33. The lowest BCUT2D eigenvalue weighted by molar-refractivity contribution is -0.116. The number of nitrogens with zero attached hydrogens (tertiary/aromatic N) is 1. The van der Waals surface area contributed by atoms with Crippen molar-refractivity contribution in [2.75, 3.05) is 7.11 Å². The minimum Gasteiger partial charge on any atom is -0.493 e. The van der Waals surface area contributed by atoms with Crippen molar-refractivity contribution in [2.45, 2.75) is 44.3 Å². The van der Waals surface area contributed by atoms with Gasteiger partial charge in [0.15, 0.2) is 23.9 Å². The number of carbonyl (C=O) groups excluding carboxylic acids is 1. The van der Waals surface area contributed by atoms with Crippen molar-refractivity contribution in [3.05, 3.63) is 23.8 Å². The number of oxime groups is 1. The van der Waals surface area contributed by atoms with Crippen LogP contribution in [0.1, 0.15) is 37.7 Å². The van der Waals surface area contributed by atoms with E-state index in [1.807, 2.05) is 18.2 Å². The minimum absolute atomic E-state index is 0.263. The van der Waals surface area contributed by atoms with Crippen LogP contribution in [0, 0.1) is 0 Å². The fourth-order valence-corrected chi connectivity index (χ4v) is 2.77. The molecule has 3 rings (SSSR count). The van der Waals surface area contributed by atoms with Crippen molar-refractivity contribution >= 4 is 12.0 Å². The zero-order valence-corrected chi connectivity index (χ0v) is 12.1. The topological polar surface area (TPSA) is 57.1 Å². The second-order valence-corrected chi connectivity index (χ2v) is 5.41. The van der Waals surface area contributed by atoms with Gasteiger partial charge in [0.05, 0.1) is 18.9 Å². The summed E-state index contributed by atoms with van der Waals surface area (Å²) in [5, 5.41) is 3.98. The number of carbonyl (C=O) groups is 1. The van der Waals surface area contributed by atoms with Gasteiger partial charge in [-0.1, -0.05) is 5.16 Å². The summed E-state index contributed by atoms with van der Waals surface area (Å²) in [7, 11) is 1.63. The molecule has 0 bridgehead atoms. The molecule has 1 aliphatic carbocycles. The number of hydrogen-bond acceptors (Lipinski definition) is 5. The molecule has 0 aromatic heterocycles. The highest BCUT2D eigenvalue weighted by Gasteiger charge is 2.23. The fraction of sp³-hybridized carbons (Fsp3) is 0.500. The van der Waals surface area contributed by atoms with Crippen LogP contribution in [0.25, 0.3) is 0 Å². The predicted molar refractivity (Wildman–Crippen MR) is 78.0 cm³/mol. The van der Waals surface area contributed by atoms with E-state index in [4.69, 9.17) is 14.3 Å². The Bertz CT molecular complexity index is 549. The second-order valence-electron chi connectivity index (χ2n) is 5.41. The van der Waals surface area contributed by atoms with E-state index in [2.05, 4.69) is 5.16 Å². The molecule has 112 valence electrons. The molecule has 21 heavy (non-hydrogen) atoms. The molecule has 1 heterocycles. The van der Waals surface area contributed by atoms with Crippen LogP contribution in [0.5, 0.6) is 11.5 Å². The monoisotopic (exact) mass is 289 g/mol. The average molecular weight is 289 g/mol. The van der Waals surface area contributed by atoms with Crippen molar-refractivity contribution in [1.29, 1.82) is 0 Å². The molecule has 0 saturated heterocycles. The molecule has 1 aromatic rings. The van der Waals surface area contributed by atoms with E-state index < -0.39 is 6.10 Å². The van der Waals surface area contributed by atoms with Crippen LogP contribution in [-0.4, -0.2) is 31.3 Å². The van der Waals surface area contributed by atoms with E-state index in [0.717, 1.165) is 41.9 Å². The quantitative estimate of drug-likeness (QED) is 0.782. The Balaban J connectivity index is 1.81. The zero-order chi connectivity index (χ0) is 14.7. The van der Waals surface area contributed by atoms with Gasteiger partial charge in [0.2, 0.25) is 0 Å². The summed E-state index contributed by atoms with van der Waals surface area (Å²) in [6.07, 6.45) is 5.67. The molecule has 0 radical (unpaired) electrons. The standard InChI is InChI=1S/C16H19NO4/c1-19-15-7-6-11(14-9-13(10-18)21-17-14)8-16(15)20-12-4-2-3-5-12/h6-8,10,12-13H,2-5,9H2,1H3. The van der Waals surface area contributed by atoms with Crippen LogP contribution >= 0.6 is 0 Å². The van der Waals surface area contributed by atoms with E-state index >= 15 is 0 Å². The Morgan fingerprint density at radius 1 is 1.29 bits per heavy atom. The highest BCUT2D eigenvalue weighted by molar-refractivity contribution is 6.03. The van der Waals surface area contributed by atoms with Gasteiger partial charge in [-0.3, -0.25) is 4.79 Å². The van der Waals surface area contributed by atoms with Gasteiger partial charge in [-0.25, -0.2) is 0 Å². The zero-order valence-electron chi connectivity index (χ0n) is 12.1. The normalized spacial score (nSPS) is 21.8. The fourth-order valence-electron chi connectivity index (χ4n) is 2.77. The van der Waals surface area contributed by atoms with Crippen molar-refractivity contribution < 1.29 is 19.1 Å². The van der Waals surface area contributed by atoms with Crippen molar-refractivity contribution in [2.24, 2.45) is 5.16 Å². The van der Waals surface area contributed by atoms with Crippen molar-refractivity contribution in [3.8, 4) is 11.5 Å². The van der Waals surface area contributed by atoms with E-state index in [0.29, 0.717) is 6.42 Å². The first-order valence-corrected chi connectivity index (χ1v) is 7.33. The SMILES string of the molecule is COc1ccc(C2=NOC(C=O)C2)cc1OC1CCCC1. The molecular weight excluding hydrogens is 270 g/mol. The van der Waals surface area contributed by atoms with Gasteiger partial charge in [-0.2, -0.15) is 0 Å². The summed E-state index contributed by atoms with van der Waals surface area (Å²) in [6.45, 7) is 0. The summed E-state index contributed by atoms with van der Waals surface area (Å²) in [5.41, 5.74) is 1.68. The van der Waals surface area contributed by atoms with Crippen LogP contribution in [0.15, 0.2) is 23.4 Å². The number of methoxy groups -OCH3 is 1. The molecule has 0 spiro atoms. The maximum atomic E-state index is 10.7. The first-order chi connectivity index (χ1) is 10.3. The summed E-state index contributed by atoms with van der Waals surface area (Å²) >= 11 is 0. The van der Waals surface area contributed by atoms with Crippen LogP contribution in [-0.2, 0) is 9.63 Å². The first kappa shape index (κ1) is 13.9. The van der Waals surface area contributed by atoms with Gasteiger partial charge in [-0.15, -0.1) is 0 Å². The second kappa shape index (κ2) is 6.16. The first-order valence-electron chi connectivity index (χ1n) is 7.33. The van der Waals surface area contributed by atoms with E-state index in [9.17, 15) is 4.79 Å². The Morgan fingerprint density at radius 2 is 2.10 bits per heavy atom. The van der Waals surface area contributed by atoms with Gasteiger partial charge >= 0.3 is 0 Å². The van der Waals surface area contributed by atoms with Crippen molar-refractivity contribution in [3.63, 3.8) is 0 Å². The Hall–Kier alpha value is -2.04. The van der Waals surface area contributed by atoms with Gasteiger partial charge < -0.3 is 14.3 Å². The molecular formula is C16H19NO4. The summed E-state index contributed by atoms with van der Waals surface area (Å²) in [6, 6.07) is 5.71. The smallest absolute Gasteiger partial charge is 0.187 e. The number of rotatable bonds is 5. The average Bonchev–Trinajstić information content (AvgIpc) is 3.18. The summed E-state index contributed by atoms with van der Waals surface area (Å²) in [4.78, 5) is 15.8. The lowest BCUT2D eigenvalue weighted by Gasteiger charge is -2.16. The lowest BCUT2D eigenvalue weighted by Crippen LogP contribution is -2.13. The van der Waals surface area contributed by atoms with E-state index in [1.54, 1.807) is 7.11 Å². The number of benzene rings is 1. The molecule has 1 saturated carbocycles. The molecule has 1 unspecified atom stereocenters. The lowest BCUT2D eigenvalue weighted by atomic mass is 10.0. The van der Waals surface area contributed by atoms with Crippen LogP contribution < -0.4 is 9.47 Å². The third-order valence-electron chi connectivity index (χ3n) is 3.94. The molecule has 0 N–H and O–H groups in total. The van der Waals surface area contributed by atoms with Gasteiger partial charge in [0, 0.05) is 12.0 Å². The van der Waals surface area contributed by atoms with Crippen LogP contribution in [0.4, 0.5) is 0 Å². The maximum Gasteiger partial charge on any atom is 0.187 e. The molecule has 1 fully saturated rings. The van der Waals surface area contributed by atoms with Gasteiger partial charge in [-0.05, 0) is 43.9 Å². The third kappa shape index (κ3) is 3.01. The molecule has 5 nitrogen and oxygen atoms in total. The Labute approximate surface area is 123 Å². The van der Waals surface area contributed by atoms with E-state index in [-0.39, 0.29) is 6.10 Å². The van der Waals surface area contributed by atoms with E-state index in [1.165, 1.54) is 12.8 Å². The minimum atomic E-state index is -0.471. The predicted octanol–water partition coefficient (Wildman–Crippen LogP) is 2.71. The number of hydrogen-bond donors (Lipinski definition) is 0. The summed E-state index contributed by atoms with van der Waals surface area (Å²) < 4.78 is 11.4. The van der Waals surface area contributed by atoms with Crippen LogP contribution in [0.3, 0.4) is 0 Å². The Kier molecular flexibility index (Phi) is 4.08. The molecule has 2 aliphatic rings. The van der Waals surface area contributed by atoms with Crippen LogP contribution in [0.2, 0.25) is 0 Å². The number of ether oxygens (including phenoxy) is 2. The molecule has 1 atom stereocenters. The van der Waals surface area contributed by atoms with Gasteiger partial charge in [0.25, 0.3) is 0 Å². The maximum absolute atomic E-state index is 10.7. The molecule has 1 aliphatic heterocycles. The van der Waals surface area contributed by atoms with Gasteiger partial charge in [0.1, 0.15) is 0 Å². The summed E-state index contributed by atoms with van der Waals surface area (Å²) in [5.74, 6) is 1.45. The largest absolute Gasteiger partial charge is 0.493 e. The molecule has 5 heteroatoms. The Morgan fingerprint density at radius 3 is 2.76 bits per heavy atom. The third-order valence-corrected chi connectivity index (χ3v) is 3.94.